The molecule has 4 aliphatic carbocycles. The Kier molecular flexibility index (Phi) is 5.69. The van der Waals surface area contributed by atoms with Gasteiger partial charge in [0.1, 0.15) is 0 Å². The number of nitrogens with two attached hydrogens (primary N) is 1. The molecule has 4 fully saturated rings. The number of rotatable bonds is 4. The van der Waals surface area contributed by atoms with Crippen LogP contribution in [0.2, 0.25) is 0 Å². The van der Waals surface area contributed by atoms with Crippen molar-refractivity contribution >= 4 is 11.7 Å². The summed E-state index contributed by atoms with van der Waals surface area (Å²) in [6.07, 6.45) is 4.31. The molecular formula is C23H38N2O5. The molecule has 0 unspecified atom stereocenters. The van der Waals surface area contributed by atoms with Crippen LogP contribution < -0.4 is 5.84 Å². The van der Waals surface area contributed by atoms with Crippen molar-refractivity contribution in [2.24, 2.45) is 51.4 Å². The van der Waals surface area contributed by atoms with E-state index in [4.69, 9.17) is 10.9 Å². The number of fused-ring (bicyclic) bond motifs is 5. The Morgan fingerprint density at radius 2 is 1.93 bits per heavy atom. The lowest BCUT2D eigenvalue weighted by molar-refractivity contribution is -0.154. The van der Waals surface area contributed by atoms with E-state index in [9.17, 15) is 20.1 Å². The molecule has 6 N–H and O–H groups in total. The summed E-state index contributed by atoms with van der Waals surface area (Å²) in [5.41, 5.74) is 0.604. The second kappa shape index (κ2) is 7.75. The fourth-order valence-corrected chi connectivity index (χ4v) is 8.19. The number of aliphatic hydroxyl groups excluding tert-OH is 3. The highest BCUT2D eigenvalue weighted by Gasteiger charge is 2.65. The van der Waals surface area contributed by atoms with Gasteiger partial charge in [-0.3, -0.25) is 4.79 Å². The first-order valence-corrected chi connectivity index (χ1v) is 11.7. The fourth-order valence-electron chi connectivity index (χ4n) is 8.19. The molecule has 0 aromatic heterocycles. The first-order valence-electron chi connectivity index (χ1n) is 11.7. The van der Waals surface area contributed by atoms with Gasteiger partial charge in [0, 0.05) is 23.5 Å². The van der Waals surface area contributed by atoms with Gasteiger partial charge in [-0.25, -0.2) is 0 Å². The number of aliphatic carboxylic acids is 1. The van der Waals surface area contributed by atoms with Gasteiger partial charge in [0.05, 0.1) is 18.3 Å². The molecule has 0 amide bonds. The summed E-state index contributed by atoms with van der Waals surface area (Å²) in [5.74, 6) is 5.86. The van der Waals surface area contributed by atoms with E-state index < -0.39 is 23.6 Å². The summed E-state index contributed by atoms with van der Waals surface area (Å²) >= 11 is 0. The fraction of sp³-hybridized carbons (Fsp3) is 0.913. The van der Waals surface area contributed by atoms with E-state index in [1.807, 2.05) is 0 Å². The lowest BCUT2D eigenvalue weighted by Crippen LogP contribution is -2.61. The maximum absolute atomic E-state index is 11.4. The predicted octanol–water partition coefficient (Wildman–Crippen LogP) is 2.13. The summed E-state index contributed by atoms with van der Waals surface area (Å²) in [6, 6.07) is 0. The summed E-state index contributed by atoms with van der Waals surface area (Å²) in [6.45, 7) is 4.42. The molecule has 0 aliphatic heterocycles. The molecule has 4 saturated carbocycles. The van der Waals surface area contributed by atoms with Crippen LogP contribution in [0.5, 0.6) is 0 Å². The molecule has 0 heterocycles. The number of aliphatic hydroxyl groups is 3. The zero-order valence-electron chi connectivity index (χ0n) is 18.2. The smallest absolute Gasteiger partial charge is 0.303 e. The van der Waals surface area contributed by atoms with E-state index >= 15 is 0 Å². The number of carbonyl (C=O) groups is 1. The van der Waals surface area contributed by atoms with Gasteiger partial charge < -0.3 is 26.3 Å². The number of hydrazone groups is 1. The van der Waals surface area contributed by atoms with Crippen molar-refractivity contribution in [3.63, 3.8) is 0 Å². The lowest BCUT2D eigenvalue weighted by Gasteiger charge is -2.62. The summed E-state index contributed by atoms with van der Waals surface area (Å²) in [5, 5.41) is 45.8. The summed E-state index contributed by atoms with van der Waals surface area (Å²) in [4.78, 5) is 11.0. The van der Waals surface area contributed by atoms with Crippen molar-refractivity contribution in [2.45, 2.75) is 89.9 Å². The molecule has 0 radical (unpaired) electrons. The first-order chi connectivity index (χ1) is 14.1. The third kappa shape index (κ3) is 3.19. The summed E-state index contributed by atoms with van der Waals surface area (Å²) < 4.78 is 0. The normalized spacial score (nSPS) is 50.4. The number of hydrogen-bond acceptors (Lipinski definition) is 6. The number of carboxylic acid groups (broad SMARTS) is 1. The van der Waals surface area contributed by atoms with E-state index in [0.717, 1.165) is 44.2 Å². The first kappa shape index (κ1) is 22.0. The van der Waals surface area contributed by atoms with Crippen molar-refractivity contribution in [1.82, 2.24) is 0 Å². The van der Waals surface area contributed by atoms with Crippen LogP contribution in [-0.2, 0) is 4.79 Å². The van der Waals surface area contributed by atoms with Crippen LogP contribution >= 0.6 is 0 Å². The van der Waals surface area contributed by atoms with Gasteiger partial charge in [0.2, 0.25) is 0 Å². The minimum absolute atomic E-state index is 0.0560. The Balaban J connectivity index is 1.65. The Morgan fingerprint density at radius 3 is 2.60 bits per heavy atom. The van der Waals surface area contributed by atoms with Crippen LogP contribution in [0.15, 0.2) is 5.10 Å². The molecule has 4 rings (SSSR count). The third-order valence-corrected chi connectivity index (χ3v) is 9.93. The molecule has 170 valence electrons. The number of hydrogen-bond donors (Lipinski definition) is 5. The average Bonchev–Trinajstić information content (AvgIpc) is 3.06. The number of nitrogens with zero attached hydrogens (tertiary/aromatic N) is 1. The summed E-state index contributed by atoms with van der Waals surface area (Å²) in [7, 11) is 0. The van der Waals surface area contributed by atoms with E-state index in [2.05, 4.69) is 18.9 Å². The van der Waals surface area contributed by atoms with Crippen molar-refractivity contribution < 1.29 is 25.2 Å². The molecule has 0 spiro atoms. The molecule has 7 heteroatoms. The van der Waals surface area contributed by atoms with Gasteiger partial charge in [0.15, 0.2) is 0 Å². The van der Waals surface area contributed by atoms with Gasteiger partial charge in [-0.1, -0.05) is 13.8 Å². The van der Waals surface area contributed by atoms with Gasteiger partial charge in [0.25, 0.3) is 0 Å². The Morgan fingerprint density at radius 1 is 1.20 bits per heavy atom. The second-order valence-electron chi connectivity index (χ2n) is 11.0. The largest absolute Gasteiger partial charge is 0.481 e. The zero-order chi connectivity index (χ0) is 21.8. The SMILES string of the molecule is C[C@]12CC[C@@H](O)C[C@H]1C/C(=N\N)[C@@H]1[C@@H]2C[C@H](O)[C@]2(C)[C@@H]([C@H](O)CCC(=O)O)CC[C@@H]12. The molecule has 4 aliphatic rings. The highest BCUT2D eigenvalue weighted by atomic mass is 16.4. The lowest BCUT2D eigenvalue weighted by atomic mass is 9.43. The monoisotopic (exact) mass is 422 g/mol. The van der Waals surface area contributed by atoms with Gasteiger partial charge in [-0.05, 0) is 80.5 Å². The molecule has 0 saturated heterocycles. The van der Waals surface area contributed by atoms with Crippen LogP contribution in [0.3, 0.4) is 0 Å². The van der Waals surface area contributed by atoms with Crippen LogP contribution in [0.4, 0.5) is 0 Å². The second-order valence-corrected chi connectivity index (χ2v) is 11.0. The Hall–Kier alpha value is -1.18. The zero-order valence-corrected chi connectivity index (χ0v) is 18.2. The molecule has 0 aromatic carbocycles. The topological polar surface area (TPSA) is 136 Å². The van der Waals surface area contributed by atoms with Crippen LogP contribution in [0, 0.1) is 40.4 Å². The molecular weight excluding hydrogens is 384 g/mol. The third-order valence-electron chi connectivity index (χ3n) is 9.93. The van der Waals surface area contributed by atoms with E-state index in [1.54, 1.807) is 0 Å². The van der Waals surface area contributed by atoms with E-state index in [1.165, 1.54) is 0 Å². The molecule has 30 heavy (non-hydrogen) atoms. The standard InChI is InChI=1S/C23H38N2O5/c1-22-8-7-13(26)9-12(22)10-17(25-24)21-15-4-3-14(18(27)5-6-20(29)30)23(15,2)19(28)11-16(21)22/h12-16,18-19,21,26-28H,3-11,24H2,1-2H3,(H,29,30)/b25-17+/t12-,13+,14+,15-,16-,18+,19-,21-,22-,23+/m0/s1. The van der Waals surface area contributed by atoms with Crippen molar-refractivity contribution in [2.75, 3.05) is 0 Å². The molecule has 10 atom stereocenters. The maximum atomic E-state index is 11.4. The van der Waals surface area contributed by atoms with Gasteiger partial charge >= 0.3 is 5.97 Å². The highest BCUT2D eigenvalue weighted by molar-refractivity contribution is 5.88. The van der Waals surface area contributed by atoms with Crippen LogP contribution in [0.1, 0.15) is 71.6 Å². The van der Waals surface area contributed by atoms with Crippen molar-refractivity contribution in [1.29, 1.82) is 0 Å². The quantitative estimate of drug-likeness (QED) is 0.348. The van der Waals surface area contributed by atoms with Crippen LogP contribution in [-0.4, -0.2) is 50.4 Å². The maximum Gasteiger partial charge on any atom is 0.303 e. The Labute approximate surface area is 178 Å². The van der Waals surface area contributed by atoms with Crippen molar-refractivity contribution in [3.05, 3.63) is 0 Å². The van der Waals surface area contributed by atoms with Crippen LogP contribution in [0.25, 0.3) is 0 Å². The van der Waals surface area contributed by atoms with E-state index in [-0.39, 0.29) is 48.0 Å². The Bertz CT molecular complexity index is 714. The number of carboxylic acids is 1. The van der Waals surface area contributed by atoms with Crippen molar-refractivity contribution in [3.8, 4) is 0 Å². The van der Waals surface area contributed by atoms with Gasteiger partial charge in [-0.15, -0.1) is 0 Å². The molecule has 7 nitrogen and oxygen atoms in total. The molecule has 0 bridgehead atoms. The molecule has 0 aromatic rings. The highest BCUT2D eigenvalue weighted by Crippen LogP contribution is 2.67. The van der Waals surface area contributed by atoms with E-state index in [0.29, 0.717) is 12.3 Å². The average molecular weight is 423 g/mol. The minimum atomic E-state index is -0.902. The minimum Gasteiger partial charge on any atom is -0.481 e. The van der Waals surface area contributed by atoms with Gasteiger partial charge in [-0.2, -0.15) is 5.10 Å². The predicted molar refractivity (Wildman–Crippen MR) is 112 cm³/mol.